The number of anilines is 1. The summed E-state index contributed by atoms with van der Waals surface area (Å²) in [6.45, 7) is 0.369. The average Bonchev–Trinajstić information content (AvgIpc) is 2.58. The first-order valence-electron chi connectivity index (χ1n) is 7.76. The lowest BCUT2D eigenvalue weighted by Gasteiger charge is -2.17. The fraction of sp³-hybridized carbons (Fsp3) is 0.278. The highest BCUT2D eigenvalue weighted by atomic mass is 19.1. The van der Waals surface area contributed by atoms with E-state index < -0.39 is 23.4 Å². The number of benzene rings is 2. The van der Waals surface area contributed by atoms with Crippen molar-refractivity contribution in [2.24, 2.45) is 0 Å². The third-order valence-corrected chi connectivity index (χ3v) is 3.73. The summed E-state index contributed by atoms with van der Waals surface area (Å²) < 4.78 is 26.9. The maximum Gasteiger partial charge on any atom is 0.319 e. The van der Waals surface area contributed by atoms with Crippen LogP contribution in [-0.4, -0.2) is 24.3 Å². The predicted molar refractivity (Wildman–Crippen MR) is 88.9 cm³/mol. The van der Waals surface area contributed by atoms with Gasteiger partial charge in [0, 0.05) is 13.2 Å². The third-order valence-electron chi connectivity index (χ3n) is 3.73. The fourth-order valence-corrected chi connectivity index (χ4v) is 2.49. The molecule has 0 aliphatic heterocycles. The first-order valence-corrected chi connectivity index (χ1v) is 7.76. The van der Waals surface area contributed by atoms with Crippen LogP contribution in [0.15, 0.2) is 48.5 Å². The van der Waals surface area contributed by atoms with Gasteiger partial charge in [0.25, 0.3) is 0 Å². The Balaban J connectivity index is 1.87. The molecule has 0 aliphatic carbocycles. The molecule has 128 valence electrons. The van der Waals surface area contributed by atoms with Gasteiger partial charge in [-0.1, -0.05) is 36.4 Å². The van der Waals surface area contributed by atoms with Gasteiger partial charge in [-0.2, -0.15) is 0 Å². The Morgan fingerprint density at radius 2 is 1.67 bits per heavy atom. The number of hydrogen-bond donors (Lipinski definition) is 3. The largest absolute Gasteiger partial charge is 0.396 e. The Morgan fingerprint density at radius 3 is 2.29 bits per heavy atom. The van der Waals surface area contributed by atoms with Gasteiger partial charge in [-0.3, -0.25) is 0 Å². The van der Waals surface area contributed by atoms with E-state index in [1.54, 1.807) is 0 Å². The normalized spacial score (nSPS) is 11.8. The molecular formula is C18H20F2N2O2. The van der Waals surface area contributed by atoms with Crippen LogP contribution in [0.2, 0.25) is 0 Å². The predicted octanol–water partition coefficient (Wildman–Crippen LogP) is 3.64. The van der Waals surface area contributed by atoms with E-state index in [-0.39, 0.29) is 12.5 Å². The SMILES string of the molecule is O=C(NCC[C@@H](CCO)c1ccccc1)Nc1c(F)cccc1F. The standard InChI is InChI=1S/C18H20F2N2O2/c19-15-7-4-8-16(20)17(15)22-18(24)21-11-9-14(10-12-23)13-5-2-1-3-6-13/h1-8,14,23H,9-12H2,(H2,21,22,24)/t14-/m0/s1. The molecule has 2 rings (SSSR count). The molecule has 3 N–H and O–H groups in total. The smallest absolute Gasteiger partial charge is 0.319 e. The molecule has 0 fully saturated rings. The lowest BCUT2D eigenvalue weighted by Crippen LogP contribution is -2.31. The molecule has 4 nitrogen and oxygen atoms in total. The summed E-state index contributed by atoms with van der Waals surface area (Å²) in [7, 11) is 0. The summed E-state index contributed by atoms with van der Waals surface area (Å²) >= 11 is 0. The van der Waals surface area contributed by atoms with E-state index in [9.17, 15) is 18.7 Å². The molecule has 0 aromatic heterocycles. The summed E-state index contributed by atoms with van der Waals surface area (Å²) in [6, 6.07) is 12.4. The number of urea groups is 1. The van der Waals surface area contributed by atoms with Gasteiger partial charge < -0.3 is 15.7 Å². The number of halogens is 2. The molecule has 2 amide bonds. The molecule has 24 heavy (non-hydrogen) atoms. The van der Waals surface area contributed by atoms with Crippen molar-refractivity contribution in [2.45, 2.75) is 18.8 Å². The Bertz CT molecular complexity index is 645. The summed E-state index contributed by atoms with van der Waals surface area (Å²) in [6.07, 6.45) is 1.19. The zero-order chi connectivity index (χ0) is 17.4. The second-order valence-corrected chi connectivity index (χ2v) is 5.39. The van der Waals surface area contributed by atoms with Gasteiger partial charge in [-0.05, 0) is 36.5 Å². The molecule has 0 saturated carbocycles. The van der Waals surface area contributed by atoms with Gasteiger partial charge in [0.15, 0.2) is 0 Å². The number of aliphatic hydroxyl groups excluding tert-OH is 1. The number of hydrogen-bond acceptors (Lipinski definition) is 2. The Kier molecular flexibility index (Phi) is 6.69. The zero-order valence-corrected chi connectivity index (χ0v) is 13.1. The van der Waals surface area contributed by atoms with Crippen LogP contribution in [0.3, 0.4) is 0 Å². The Hall–Kier alpha value is -2.47. The molecular weight excluding hydrogens is 314 g/mol. The molecule has 2 aromatic rings. The summed E-state index contributed by atoms with van der Waals surface area (Å²) in [5, 5.41) is 13.9. The topological polar surface area (TPSA) is 61.4 Å². The van der Waals surface area contributed by atoms with Gasteiger partial charge in [-0.25, -0.2) is 13.6 Å². The first-order chi connectivity index (χ1) is 11.6. The van der Waals surface area contributed by atoms with Crippen LogP contribution in [0.5, 0.6) is 0 Å². The third kappa shape index (κ3) is 5.03. The summed E-state index contributed by atoms with van der Waals surface area (Å²) in [5.74, 6) is -1.55. The molecule has 0 heterocycles. The van der Waals surface area contributed by atoms with E-state index >= 15 is 0 Å². The quantitative estimate of drug-likeness (QED) is 0.724. The zero-order valence-electron chi connectivity index (χ0n) is 13.1. The average molecular weight is 334 g/mol. The van der Waals surface area contributed by atoms with Crippen LogP contribution in [0, 0.1) is 11.6 Å². The number of nitrogens with one attached hydrogen (secondary N) is 2. The highest BCUT2D eigenvalue weighted by Crippen LogP contribution is 2.22. The van der Waals surface area contributed by atoms with E-state index in [1.165, 1.54) is 6.07 Å². The van der Waals surface area contributed by atoms with Crippen LogP contribution in [0.4, 0.5) is 19.3 Å². The van der Waals surface area contributed by atoms with Gasteiger partial charge >= 0.3 is 6.03 Å². The second kappa shape index (κ2) is 8.98. The number of carbonyl (C=O) groups is 1. The maximum atomic E-state index is 13.5. The Morgan fingerprint density at radius 1 is 1.00 bits per heavy atom. The highest BCUT2D eigenvalue weighted by molar-refractivity contribution is 5.89. The lowest BCUT2D eigenvalue weighted by molar-refractivity contribution is 0.250. The minimum atomic E-state index is -0.826. The van der Waals surface area contributed by atoms with E-state index in [1.807, 2.05) is 30.3 Å². The summed E-state index contributed by atoms with van der Waals surface area (Å²) in [4.78, 5) is 11.8. The molecule has 0 unspecified atom stereocenters. The van der Waals surface area contributed by atoms with Crippen LogP contribution in [0.25, 0.3) is 0 Å². The monoisotopic (exact) mass is 334 g/mol. The number of aliphatic hydroxyl groups is 1. The first kappa shape index (κ1) is 17.9. The van der Waals surface area contributed by atoms with Gasteiger partial charge in [0.2, 0.25) is 0 Å². The molecule has 0 bridgehead atoms. The van der Waals surface area contributed by atoms with Crippen molar-refractivity contribution >= 4 is 11.7 Å². The van der Waals surface area contributed by atoms with Crippen molar-refractivity contribution < 1.29 is 18.7 Å². The number of para-hydroxylation sites is 1. The van der Waals surface area contributed by atoms with Crippen molar-refractivity contribution in [1.82, 2.24) is 5.32 Å². The van der Waals surface area contributed by atoms with Crippen LogP contribution < -0.4 is 10.6 Å². The van der Waals surface area contributed by atoms with E-state index in [0.717, 1.165) is 17.7 Å². The number of carbonyl (C=O) groups excluding carboxylic acids is 1. The van der Waals surface area contributed by atoms with E-state index in [0.29, 0.717) is 19.4 Å². The second-order valence-electron chi connectivity index (χ2n) is 5.39. The summed E-state index contributed by atoms with van der Waals surface area (Å²) in [5.41, 5.74) is 0.610. The minimum absolute atomic E-state index is 0.0478. The fourth-order valence-electron chi connectivity index (χ4n) is 2.49. The molecule has 0 radical (unpaired) electrons. The molecule has 6 heteroatoms. The minimum Gasteiger partial charge on any atom is -0.396 e. The van der Waals surface area contributed by atoms with Crippen molar-refractivity contribution in [3.8, 4) is 0 Å². The van der Waals surface area contributed by atoms with Gasteiger partial charge in [0.1, 0.15) is 17.3 Å². The van der Waals surface area contributed by atoms with Crippen molar-refractivity contribution in [3.63, 3.8) is 0 Å². The number of amides is 2. The van der Waals surface area contributed by atoms with Crippen molar-refractivity contribution in [3.05, 3.63) is 65.7 Å². The molecule has 2 aromatic carbocycles. The van der Waals surface area contributed by atoms with Crippen LogP contribution in [-0.2, 0) is 0 Å². The molecule has 0 saturated heterocycles. The van der Waals surface area contributed by atoms with E-state index in [4.69, 9.17) is 0 Å². The van der Waals surface area contributed by atoms with Crippen molar-refractivity contribution in [2.75, 3.05) is 18.5 Å². The number of rotatable bonds is 7. The highest BCUT2D eigenvalue weighted by Gasteiger charge is 2.13. The van der Waals surface area contributed by atoms with E-state index in [2.05, 4.69) is 10.6 Å². The van der Waals surface area contributed by atoms with Gasteiger partial charge in [-0.15, -0.1) is 0 Å². The Labute approximate surface area is 139 Å². The van der Waals surface area contributed by atoms with Gasteiger partial charge in [0.05, 0.1) is 0 Å². The lowest BCUT2D eigenvalue weighted by atomic mass is 9.93. The van der Waals surface area contributed by atoms with Crippen LogP contribution >= 0.6 is 0 Å². The molecule has 1 atom stereocenters. The van der Waals surface area contributed by atoms with Crippen molar-refractivity contribution in [1.29, 1.82) is 0 Å². The maximum absolute atomic E-state index is 13.5. The molecule has 0 aliphatic rings. The molecule has 0 spiro atoms. The van der Waals surface area contributed by atoms with Crippen LogP contribution in [0.1, 0.15) is 24.3 Å².